The molecule has 0 radical (unpaired) electrons. The third kappa shape index (κ3) is 5.65. The Kier molecular flexibility index (Phi) is 8.54. The Labute approximate surface area is 135 Å². The van der Waals surface area contributed by atoms with E-state index in [1.54, 1.807) is 0 Å². The lowest BCUT2D eigenvalue weighted by molar-refractivity contribution is -0.130. The van der Waals surface area contributed by atoms with Crippen molar-refractivity contribution in [2.45, 2.75) is 78.7 Å². The van der Waals surface area contributed by atoms with Crippen molar-refractivity contribution in [3.05, 3.63) is 29.3 Å². The Morgan fingerprint density at radius 2 is 2.14 bits per heavy atom. The topological polar surface area (TPSA) is 32.7 Å². The van der Waals surface area contributed by atoms with Crippen LogP contribution in [-0.2, 0) is 4.79 Å². The monoisotopic (exact) mass is 302 g/mol. The number of hydrogen-bond donors (Lipinski definition) is 0. The predicted molar refractivity (Wildman–Crippen MR) is 93.8 cm³/mol. The molecule has 1 aliphatic heterocycles. The van der Waals surface area contributed by atoms with Gasteiger partial charge in [0.1, 0.15) is 0 Å². The minimum atomic E-state index is 0.125. The second-order valence-electron chi connectivity index (χ2n) is 5.76. The fourth-order valence-electron chi connectivity index (χ4n) is 2.52. The Bertz CT molecular complexity index is 482. The molecule has 0 saturated carbocycles. The molecule has 0 N–H and O–H groups in total. The second-order valence-corrected chi connectivity index (χ2v) is 5.76. The van der Waals surface area contributed by atoms with Crippen molar-refractivity contribution in [2.75, 3.05) is 0 Å². The Morgan fingerprint density at radius 1 is 1.36 bits per heavy atom. The maximum absolute atomic E-state index is 12.4. The highest BCUT2D eigenvalue weighted by molar-refractivity contribution is 5.82. The highest BCUT2D eigenvalue weighted by atomic mass is 16.2. The summed E-state index contributed by atoms with van der Waals surface area (Å²) in [6.45, 7) is 8.34. The van der Waals surface area contributed by atoms with Crippen molar-refractivity contribution in [3.8, 4) is 0 Å². The molecule has 1 unspecified atom stereocenters. The largest absolute Gasteiger partial charge is 0.287 e. The van der Waals surface area contributed by atoms with Gasteiger partial charge in [-0.1, -0.05) is 51.8 Å². The number of nitrogens with zero attached hydrogens (tertiary/aromatic N) is 2. The molecule has 0 aliphatic carbocycles. The zero-order valence-corrected chi connectivity index (χ0v) is 14.6. The van der Waals surface area contributed by atoms with Crippen LogP contribution in [0.5, 0.6) is 0 Å². The average molecular weight is 302 g/mol. The van der Waals surface area contributed by atoms with E-state index < -0.39 is 0 Å². The summed E-state index contributed by atoms with van der Waals surface area (Å²) in [5.41, 5.74) is 4.41. The van der Waals surface area contributed by atoms with E-state index in [-0.39, 0.29) is 11.9 Å². The predicted octanol–water partition coefficient (Wildman–Crippen LogP) is 5.00. The quantitative estimate of drug-likeness (QED) is 0.458. The number of allylic oxidation sites excluding steroid dienone is 3. The highest BCUT2D eigenvalue weighted by Crippen LogP contribution is 2.18. The van der Waals surface area contributed by atoms with E-state index in [1.165, 1.54) is 18.4 Å². The van der Waals surface area contributed by atoms with Crippen LogP contribution in [0.15, 0.2) is 34.3 Å². The van der Waals surface area contributed by atoms with Gasteiger partial charge < -0.3 is 0 Å². The molecule has 22 heavy (non-hydrogen) atoms. The molecule has 1 aliphatic rings. The SMILES string of the molecule is CCCCCC(C)N(C(=O)CC)C1=C=CC/C=C(CC)\C=N/1. The Balaban J connectivity index is 2.96. The van der Waals surface area contributed by atoms with Crippen LogP contribution in [0.1, 0.15) is 72.6 Å². The standard InChI is InChI=1S/C19H30N2O/c1-5-8-9-12-16(4)21(19(22)7-3)18-14-11-10-13-17(6-2)15-20-18/h11,13,15-16H,5-10,12H2,1-4H3/b17-13-,20-15-. The molecule has 3 heteroatoms. The van der Waals surface area contributed by atoms with Gasteiger partial charge in [-0.05, 0) is 37.8 Å². The van der Waals surface area contributed by atoms with Crippen LogP contribution in [0.25, 0.3) is 0 Å². The normalized spacial score (nSPS) is 19.5. The van der Waals surface area contributed by atoms with Crippen LogP contribution in [0, 0.1) is 0 Å². The van der Waals surface area contributed by atoms with Crippen LogP contribution in [-0.4, -0.2) is 23.1 Å². The fraction of sp³-hybridized carbons (Fsp3) is 0.632. The number of unbranched alkanes of at least 4 members (excludes halogenated alkanes) is 2. The van der Waals surface area contributed by atoms with Crippen molar-refractivity contribution < 1.29 is 4.79 Å². The smallest absolute Gasteiger partial charge is 0.228 e. The molecule has 0 saturated heterocycles. The van der Waals surface area contributed by atoms with Crippen molar-refractivity contribution in [1.82, 2.24) is 4.90 Å². The number of carbonyl (C=O) groups excluding carboxylic acids is 1. The van der Waals surface area contributed by atoms with E-state index in [1.807, 2.05) is 24.1 Å². The summed E-state index contributed by atoms with van der Waals surface area (Å²) in [6, 6.07) is 0.167. The van der Waals surface area contributed by atoms with Gasteiger partial charge in [0.2, 0.25) is 5.91 Å². The highest BCUT2D eigenvalue weighted by Gasteiger charge is 2.22. The lowest BCUT2D eigenvalue weighted by Crippen LogP contribution is -2.37. The molecular formula is C19H30N2O. The van der Waals surface area contributed by atoms with Crippen molar-refractivity contribution in [3.63, 3.8) is 0 Å². The van der Waals surface area contributed by atoms with Crippen LogP contribution in [0.4, 0.5) is 0 Å². The summed E-state index contributed by atoms with van der Waals surface area (Å²) in [7, 11) is 0. The van der Waals surface area contributed by atoms with Gasteiger partial charge >= 0.3 is 0 Å². The average Bonchev–Trinajstić information content (AvgIpc) is 2.50. The molecule has 0 aromatic rings. The molecule has 0 fully saturated rings. The maximum atomic E-state index is 12.4. The van der Waals surface area contributed by atoms with Crippen molar-refractivity contribution in [1.29, 1.82) is 0 Å². The first kappa shape index (κ1) is 18.4. The summed E-state index contributed by atoms with van der Waals surface area (Å²) in [6.07, 6.45) is 12.9. The zero-order valence-electron chi connectivity index (χ0n) is 14.6. The van der Waals surface area contributed by atoms with Crippen LogP contribution in [0.2, 0.25) is 0 Å². The number of amides is 1. The summed E-state index contributed by atoms with van der Waals surface area (Å²) in [5, 5.41) is 0. The van der Waals surface area contributed by atoms with Gasteiger partial charge in [-0.15, -0.1) is 0 Å². The maximum Gasteiger partial charge on any atom is 0.228 e. The van der Waals surface area contributed by atoms with E-state index >= 15 is 0 Å². The van der Waals surface area contributed by atoms with Crippen LogP contribution in [0.3, 0.4) is 0 Å². The Morgan fingerprint density at radius 3 is 2.77 bits per heavy atom. The molecule has 0 aromatic heterocycles. The van der Waals surface area contributed by atoms with Crippen molar-refractivity contribution >= 4 is 12.1 Å². The number of hydrogen-bond acceptors (Lipinski definition) is 2. The van der Waals surface area contributed by atoms with Crippen molar-refractivity contribution in [2.24, 2.45) is 4.99 Å². The summed E-state index contributed by atoms with van der Waals surface area (Å²) < 4.78 is 0. The van der Waals surface area contributed by atoms with Crippen LogP contribution < -0.4 is 0 Å². The molecule has 1 amide bonds. The molecule has 0 spiro atoms. The third-order valence-electron chi connectivity index (χ3n) is 3.96. The first-order chi connectivity index (χ1) is 10.6. The van der Waals surface area contributed by atoms with E-state index in [4.69, 9.17) is 0 Å². The van der Waals surface area contributed by atoms with E-state index in [0.717, 1.165) is 25.7 Å². The molecular weight excluding hydrogens is 272 g/mol. The van der Waals surface area contributed by atoms with Gasteiger partial charge in [0.15, 0.2) is 5.82 Å². The lowest BCUT2D eigenvalue weighted by Gasteiger charge is -2.28. The first-order valence-corrected chi connectivity index (χ1v) is 8.64. The molecule has 1 rings (SSSR count). The van der Waals surface area contributed by atoms with Gasteiger partial charge in [0.05, 0.1) is 0 Å². The fourth-order valence-corrected chi connectivity index (χ4v) is 2.52. The molecule has 3 nitrogen and oxygen atoms in total. The molecule has 0 aromatic carbocycles. The van der Waals surface area contributed by atoms with Crippen LogP contribution >= 0.6 is 0 Å². The molecule has 122 valence electrons. The number of rotatable bonds is 8. The zero-order chi connectivity index (χ0) is 16.4. The number of carbonyl (C=O) groups is 1. The second kappa shape index (κ2) is 10.2. The summed E-state index contributed by atoms with van der Waals surface area (Å²) in [4.78, 5) is 18.8. The minimum Gasteiger partial charge on any atom is -0.287 e. The minimum absolute atomic E-state index is 0.125. The summed E-state index contributed by atoms with van der Waals surface area (Å²) >= 11 is 0. The van der Waals surface area contributed by atoms with Gasteiger partial charge in [-0.3, -0.25) is 9.69 Å². The van der Waals surface area contributed by atoms with Gasteiger partial charge in [0, 0.05) is 18.7 Å². The van der Waals surface area contributed by atoms with Gasteiger partial charge in [0.25, 0.3) is 0 Å². The third-order valence-corrected chi connectivity index (χ3v) is 3.96. The van der Waals surface area contributed by atoms with E-state index in [2.05, 4.69) is 37.6 Å². The first-order valence-electron chi connectivity index (χ1n) is 8.64. The lowest BCUT2D eigenvalue weighted by atomic mass is 10.1. The van der Waals surface area contributed by atoms with E-state index in [0.29, 0.717) is 12.2 Å². The molecule has 1 atom stereocenters. The molecule has 1 heterocycles. The molecule has 0 bridgehead atoms. The van der Waals surface area contributed by atoms with E-state index in [9.17, 15) is 4.79 Å². The summed E-state index contributed by atoms with van der Waals surface area (Å²) in [5.74, 6) is 0.787. The van der Waals surface area contributed by atoms with Gasteiger partial charge in [-0.2, -0.15) is 0 Å². The Hall–Kier alpha value is -1.60. The van der Waals surface area contributed by atoms with Gasteiger partial charge in [-0.25, -0.2) is 4.99 Å². The number of aliphatic imine (C=N–C) groups is 1.